The Balaban J connectivity index is 1.35. The van der Waals surface area contributed by atoms with Crippen LogP contribution in [0.5, 0.6) is 11.5 Å². The van der Waals surface area contributed by atoms with E-state index in [1.54, 1.807) is 0 Å². The third-order valence-electron chi connectivity index (χ3n) is 11.1. The van der Waals surface area contributed by atoms with Crippen molar-refractivity contribution in [1.29, 1.82) is 0 Å². The van der Waals surface area contributed by atoms with E-state index in [1.165, 1.54) is 27.7 Å². The molecule has 0 saturated carbocycles. The van der Waals surface area contributed by atoms with Crippen LogP contribution in [-0.2, 0) is 43.5 Å². The van der Waals surface area contributed by atoms with E-state index in [-0.39, 0.29) is 48.7 Å². The average molecular weight is 871 g/mol. The molecule has 0 amide bonds. The first-order valence-corrected chi connectivity index (χ1v) is 21.1. The van der Waals surface area contributed by atoms with Crippen LogP contribution in [0.4, 0.5) is 0 Å². The minimum absolute atomic E-state index is 0.113. The van der Waals surface area contributed by atoms with Gasteiger partial charge >= 0.3 is 23.9 Å². The van der Waals surface area contributed by atoms with Crippen molar-refractivity contribution in [1.82, 2.24) is 0 Å². The molecule has 0 heterocycles. The van der Waals surface area contributed by atoms with Crippen molar-refractivity contribution in [2.24, 2.45) is 0 Å². The van der Waals surface area contributed by atoms with Crippen molar-refractivity contribution in [3.05, 3.63) is 192 Å². The predicted molar refractivity (Wildman–Crippen MR) is 251 cm³/mol. The van der Waals surface area contributed by atoms with Crippen LogP contribution in [0.1, 0.15) is 49.9 Å². The fourth-order valence-electron chi connectivity index (χ4n) is 8.11. The highest BCUT2D eigenvalue weighted by Crippen LogP contribution is 2.58. The molecule has 0 aromatic heterocycles. The van der Waals surface area contributed by atoms with E-state index in [4.69, 9.17) is 28.4 Å². The Bertz CT molecular complexity index is 2710. The molecule has 0 bridgehead atoms. The molecule has 330 valence electrons. The van der Waals surface area contributed by atoms with E-state index in [2.05, 4.69) is 87.0 Å². The van der Waals surface area contributed by atoms with Crippen LogP contribution >= 0.6 is 0 Å². The normalized spacial score (nSPS) is 13.0. The molecule has 1 aliphatic rings. The van der Waals surface area contributed by atoms with Gasteiger partial charge in [-0.25, -0.2) is 19.2 Å². The van der Waals surface area contributed by atoms with Crippen LogP contribution in [0.2, 0.25) is 0 Å². The molecular formula is C55H50O10. The fourth-order valence-corrected chi connectivity index (χ4v) is 8.11. The second-order valence-electron chi connectivity index (χ2n) is 16.1. The molecule has 2 atom stereocenters. The number of hydrogen-bond acceptors (Lipinski definition) is 10. The molecule has 1 aliphatic carbocycles. The van der Waals surface area contributed by atoms with Crippen LogP contribution in [0.25, 0.3) is 32.7 Å². The van der Waals surface area contributed by atoms with Crippen LogP contribution in [-0.4, -0.2) is 62.5 Å². The quantitative estimate of drug-likeness (QED) is 0.0468. The van der Waals surface area contributed by atoms with Gasteiger partial charge < -0.3 is 28.4 Å². The molecule has 7 rings (SSSR count). The standard InChI is InChI=1S/C55H50O10/c1-33(2)51(56)62-31-37(64-53(58)35(5)6)29-60-49-27-15-19-41-43(49)21-13-25-47(41)55(45-23-11-9-17-39(45)40-18-10-12-24-46(40)55)48-26-14-22-44-42(48)20-16-28-50(44)61-30-38(65-54(59)36(7)8)32-63-52(57)34(3)4/h9-28,37-38H,1,3,5,7,29-32H2,2,4,6,8H3. The number of fused-ring (bicyclic) bond motifs is 5. The number of rotatable bonds is 18. The van der Waals surface area contributed by atoms with Gasteiger partial charge in [-0.1, -0.05) is 136 Å². The molecule has 0 fully saturated rings. The molecule has 6 aromatic carbocycles. The second kappa shape index (κ2) is 19.3. The van der Waals surface area contributed by atoms with Crippen molar-refractivity contribution in [2.75, 3.05) is 26.4 Å². The van der Waals surface area contributed by atoms with E-state index >= 15 is 0 Å². The van der Waals surface area contributed by atoms with Gasteiger partial charge in [0.15, 0.2) is 12.2 Å². The smallest absolute Gasteiger partial charge is 0.333 e. The average Bonchev–Trinajstić information content (AvgIpc) is 3.60. The van der Waals surface area contributed by atoms with Gasteiger partial charge in [0.2, 0.25) is 0 Å². The van der Waals surface area contributed by atoms with Gasteiger partial charge in [0, 0.05) is 33.1 Å². The van der Waals surface area contributed by atoms with Crippen LogP contribution in [0, 0.1) is 0 Å². The van der Waals surface area contributed by atoms with E-state index < -0.39 is 41.5 Å². The summed E-state index contributed by atoms with van der Waals surface area (Å²) in [7, 11) is 0. The van der Waals surface area contributed by atoms with Gasteiger partial charge in [0.25, 0.3) is 0 Å². The Labute approximate surface area is 378 Å². The Morgan fingerprint density at radius 1 is 0.415 bits per heavy atom. The zero-order valence-electron chi connectivity index (χ0n) is 36.9. The van der Waals surface area contributed by atoms with E-state index in [1.807, 2.05) is 60.7 Å². The minimum atomic E-state index is -0.937. The lowest BCUT2D eigenvalue weighted by Gasteiger charge is -2.36. The molecule has 2 unspecified atom stereocenters. The van der Waals surface area contributed by atoms with Crippen molar-refractivity contribution in [3.8, 4) is 22.6 Å². The maximum atomic E-state index is 12.6. The van der Waals surface area contributed by atoms with Crippen LogP contribution < -0.4 is 9.47 Å². The second-order valence-corrected chi connectivity index (χ2v) is 16.1. The number of benzene rings is 6. The van der Waals surface area contributed by atoms with Crippen LogP contribution in [0.3, 0.4) is 0 Å². The summed E-state index contributed by atoms with van der Waals surface area (Å²) in [6, 6.07) is 40.8. The van der Waals surface area contributed by atoms with E-state index in [0.717, 1.165) is 54.9 Å². The molecule has 10 nitrogen and oxygen atoms in total. The number of hydrogen-bond donors (Lipinski definition) is 0. The van der Waals surface area contributed by atoms with E-state index in [9.17, 15) is 19.2 Å². The Hall–Kier alpha value is -7.72. The van der Waals surface area contributed by atoms with Crippen molar-refractivity contribution >= 4 is 45.4 Å². The SMILES string of the molecule is C=C(C)C(=O)OCC(COc1cccc2c(C3(c4cccc5c(OCC(COC(=O)C(=C)C)OC(=O)C(=C)C)cccc45)c4ccccc4-c4ccccc43)cccc12)OC(=O)C(=C)C. The lowest BCUT2D eigenvalue weighted by molar-refractivity contribution is -0.155. The third-order valence-corrected chi connectivity index (χ3v) is 11.1. The third kappa shape index (κ3) is 9.20. The monoisotopic (exact) mass is 870 g/mol. The Kier molecular flexibility index (Phi) is 13.5. The molecule has 0 radical (unpaired) electrons. The zero-order chi connectivity index (χ0) is 46.4. The molecule has 0 spiro atoms. The van der Waals surface area contributed by atoms with Gasteiger partial charge in [-0.2, -0.15) is 0 Å². The maximum Gasteiger partial charge on any atom is 0.333 e. The number of carbonyl (C=O) groups is 4. The molecule has 65 heavy (non-hydrogen) atoms. The van der Waals surface area contributed by atoms with Gasteiger partial charge in [0.05, 0.1) is 5.41 Å². The summed E-state index contributed by atoms with van der Waals surface area (Å²) in [6.07, 6.45) is -1.87. The van der Waals surface area contributed by atoms with Crippen molar-refractivity contribution < 1.29 is 47.6 Å². The zero-order valence-corrected chi connectivity index (χ0v) is 36.9. The van der Waals surface area contributed by atoms with Gasteiger partial charge in [0.1, 0.15) is 37.9 Å². The van der Waals surface area contributed by atoms with Crippen molar-refractivity contribution in [2.45, 2.75) is 45.3 Å². The molecule has 10 heteroatoms. The van der Waals surface area contributed by atoms with Crippen molar-refractivity contribution in [3.63, 3.8) is 0 Å². The Morgan fingerprint density at radius 3 is 1.14 bits per heavy atom. The topological polar surface area (TPSA) is 124 Å². The Morgan fingerprint density at radius 2 is 0.754 bits per heavy atom. The molecule has 0 saturated heterocycles. The summed E-state index contributed by atoms with van der Waals surface area (Å²) in [5.74, 6) is -1.42. The minimum Gasteiger partial charge on any atom is -0.489 e. The number of ether oxygens (including phenoxy) is 6. The first-order valence-electron chi connectivity index (χ1n) is 21.1. The first kappa shape index (κ1) is 45.3. The lowest BCUT2D eigenvalue weighted by atomic mass is 9.65. The predicted octanol–water partition coefficient (Wildman–Crippen LogP) is 10.3. The summed E-state index contributed by atoms with van der Waals surface area (Å²) >= 11 is 0. The molecular weight excluding hydrogens is 821 g/mol. The number of carbonyl (C=O) groups excluding carboxylic acids is 4. The highest BCUT2D eigenvalue weighted by atomic mass is 16.6. The molecule has 6 aromatic rings. The largest absolute Gasteiger partial charge is 0.489 e. The van der Waals surface area contributed by atoms with Gasteiger partial charge in [-0.05, 0) is 84.0 Å². The summed E-state index contributed by atoms with van der Waals surface area (Å²) < 4.78 is 35.0. The summed E-state index contributed by atoms with van der Waals surface area (Å²) in [6.45, 7) is 20.1. The lowest BCUT2D eigenvalue weighted by Crippen LogP contribution is -2.31. The highest BCUT2D eigenvalue weighted by Gasteiger charge is 2.47. The molecule has 0 aliphatic heterocycles. The summed E-state index contributed by atoms with van der Waals surface area (Å²) in [5.41, 5.74) is 6.26. The first-order chi connectivity index (χ1) is 31.2. The number of esters is 4. The van der Waals surface area contributed by atoms with E-state index in [0.29, 0.717) is 11.5 Å². The van der Waals surface area contributed by atoms with Gasteiger partial charge in [-0.15, -0.1) is 0 Å². The fraction of sp³-hybridized carbons (Fsp3) is 0.200. The van der Waals surface area contributed by atoms with Crippen LogP contribution in [0.15, 0.2) is 170 Å². The summed E-state index contributed by atoms with van der Waals surface area (Å²) in [5, 5.41) is 3.44. The van der Waals surface area contributed by atoms with Gasteiger partial charge in [-0.3, -0.25) is 0 Å². The highest BCUT2D eigenvalue weighted by molar-refractivity contribution is 6.01. The molecule has 0 N–H and O–H groups in total. The maximum absolute atomic E-state index is 12.6. The summed E-state index contributed by atoms with van der Waals surface area (Å²) in [4.78, 5) is 49.9.